The molecule has 3 nitrogen and oxygen atoms in total. The molecular formula is C26H33NO2. The largest absolute Gasteiger partial charge is 0.299 e. The molecule has 2 unspecified atom stereocenters. The van der Waals surface area contributed by atoms with Crippen LogP contribution in [0, 0.1) is 11.8 Å². The standard InChI is InChI=1S/C26H33NO2/c1-3-4-5-6-7-21-11-15-24(27-18-21)22-12-9-20(10-13-22)17-26(29)23-14-8-19(2)16-25(23)28/h9-13,15,18-19,23H,3-8,14,16-17H2,1-2H3. The van der Waals surface area contributed by atoms with Crippen molar-refractivity contribution in [3.05, 3.63) is 53.7 Å². The molecule has 2 atom stereocenters. The molecule has 0 spiro atoms. The van der Waals surface area contributed by atoms with Crippen LogP contribution in [0.1, 0.15) is 69.9 Å². The van der Waals surface area contributed by atoms with Gasteiger partial charge in [0.15, 0.2) is 0 Å². The van der Waals surface area contributed by atoms with Crippen LogP contribution in [-0.2, 0) is 22.4 Å². The van der Waals surface area contributed by atoms with Crippen molar-refractivity contribution in [1.29, 1.82) is 0 Å². The number of hydrogen-bond donors (Lipinski definition) is 0. The van der Waals surface area contributed by atoms with Crippen molar-refractivity contribution >= 4 is 11.6 Å². The van der Waals surface area contributed by atoms with Gasteiger partial charge in [-0.3, -0.25) is 14.6 Å². The smallest absolute Gasteiger partial charge is 0.147 e. The van der Waals surface area contributed by atoms with E-state index in [0.29, 0.717) is 25.2 Å². The van der Waals surface area contributed by atoms with E-state index in [1.807, 2.05) is 30.5 Å². The molecule has 29 heavy (non-hydrogen) atoms. The Kier molecular flexibility index (Phi) is 7.74. The Bertz CT molecular complexity index is 808. The Balaban J connectivity index is 1.55. The van der Waals surface area contributed by atoms with E-state index in [-0.39, 0.29) is 11.6 Å². The minimum Gasteiger partial charge on any atom is -0.299 e. The van der Waals surface area contributed by atoms with Crippen LogP contribution in [-0.4, -0.2) is 16.6 Å². The summed E-state index contributed by atoms with van der Waals surface area (Å²) in [6.45, 7) is 4.32. The monoisotopic (exact) mass is 391 g/mol. The lowest BCUT2D eigenvalue weighted by molar-refractivity contribution is -0.134. The van der Waals surface area contributed by atoms with Crippen LogP contribution in [0.15, 0.2) is 42.6 Å². The van der Waals surface area contributed by atoms with Crippen LogP contribution in [0.5, 0.6) is 0 Å². The Morgan fingerprint density at radius 2 is 1.76 bits per heavy atom. The first-order chi connectivity index (χ1) is 14.1. The number of benzene rings is 1. The summed E-state index contributed by atoms with van der Waals surface area (Å²) < 4.78 is 0. The molecule has 1 fully saturated rings. The third-order valence-corrected chi connectivity index (χ3v) is 6.05. The van der Waals surface area contributed by atoms with E-state index in [2.05, 4.69) is 31.0 Å². The molecule has 1 aliphatic rings. The van der Waals surface area contributed by atoms with E-state index >= 15 is 0 Å². The van der Waals surface area contributed by atoms with Gasteiger partial charge in [0.25, 0.3) is 0 Å². The van der Waals surface area contributed by atoms with Gasteiger partial charge in [0.2, 0.25) is 0 Å². The lowest BCUT2D eigenvalue weighted by atomic mass is 9.78. The van der Waals surface area contributed by atoms with E-state index in [9.17, 15) is 9.59 Å². The van der Waals surface area contributed by atoms with Crippen LogP contribution in [0.4, 0.5) is 0 Å². The van der Waals surface area contributed by atoms with Crippen molar-refractivity contribution in [2.45, 2.75) is 71.6 Å². The molecule has 0 saturated heterocycles. The number of aromatic nitrogens is 1. The number of nitrogens with zero attached hydrogens (tertiary/aromatic N) is 1. The molecular weight excluding hydrogens is 358 g/mol. The average molecular weight is 392 g/mol. The molecule has 0 N–H and O–H groups in total. The maximum atomic E-state index is 12.6. The van der Waals surface area contributed by atoms with E-state index in [4.69, 9.17) is 0 Å². The molecule has 0 aliphatic heterocycles. The van der Waals surface area contributed by atoms with Gasteiger partial charge in [-0.15, -0.1) is 0 Å². The summed E-state index contributed by atoms with van der Waals surface area (Å²) in [5.41, 5.74) is 4.27. The van der Waals surface area contributed by atoms with Gasteiger partial charge in [-0.05, 0) is 48.8 Å². The zero-order valence-corrected chi connectivity index (χ0v) is 17.8. The summed E-state index contributed by atoms with van der Waals surface area (Å²) in [6, 6.07) is 12.3. The van der Waals surface area contributed by atoms with E-state index < -0.39 is 5.92 Å². The molecule has 1 heterocycles. The Hall–Kier alpha value is -2.29. The van der Waals surface area contributed by atoms with Crippen LogP contribution in [0.2, 0.25) is 0 Å². The highest BCUT2D eigenvalue weighted by molar-refractivity contribution is 6.03. The quantitative estimate of drug-likeness (QED) is 0.390. The number of pyridine rings is 1. The van der Waals surface area contributed by atoms with Crippen molar-refractivity contribution in [2.24, 2.45) is 11.8 Å². The second-order valence-electron chi connectivity index (χ2n) is 8.61. The van der Waals surface area contributed by atoms with Crippen LogP contribution in [0.3, 0.4) is 0 Å². The maximum absolute atomic E-state index is 12.6. The fourth-order valence-electron chi connectivity index (χ4n) is 4.16. The van der Waals surface area contributed by atoms with Crippen LogP contribution in [0.25, 0.3) is 11.3 Å². The Labute approximate surface area is 174 Å². The number of carbonyl (C=O) groups is 2. The number of ketones is 2. The minimum atomic E-state index is -0.391. The molecule has 3 rings (SSSR count). The van der Waals surface area contributed by atoms with Gasteiger partial charge in [-0.2, -0.15) is 0 Å². The first-order valence-corrected chi connectivity index (χ1v) is 11.2. The molecule has 3 heteroatoms. The third kappa shape index (κ3) is 6.09. The van der Waals surface area contributed by atoms with Crippen molar-refractivity contribution in [2.75, 3.05) is 0 Å². The number of carbonyl (C=O) groups excluding carboxylic acids is 2. The normalized spacial score (nSPS) is 19.3. The van der Waals surface area contributed by atoms with Gasteiger partial charge in [-0.25, -0.2) is 0 Å². The number of unbranched alkanes of at least 4 members (excludes halogenated alkanes) is 3. The Morgan fingerprint density at radius 1 is 1.00 bits per heavy atom. The minimum absolute atomic E-state index is 0.0696. The fraction of sp³-hybridized carbons (Fsp3) is 0.500. The van der Waals surface area contributed by atoms with Crippen molar-refractivity contribution in [3.8, 4) is 11.3 Å². The van der Waals surface area contributed by atoms with Gasteiger partial charge in [0.1, 0.15) is 11.6 Å². The second kappa shape index (κ2) is 10.5. The van der Waals surface area contributed by atoms with Crippen molar-refractivity contribution in [1.82, 2.24) is 4.98 Å². The average Bonchev–Trinajstić information content (AvgIpc) is 2.72. The summed E-state index contributed by atoms with van der Waals surface area (Å²) in [7, 11) is 0. The molecule has 1 aromatic carbocycles. The first-order valence-electron chi connectivity index (χ1n) is 11.2. The molecule has 1 aliphatic carbocycles. The maximum Gasteiger partial charge on any atom is 0.147 e. The predicted molar refractivity (Wildman–Crippen MR) is 118 cm³/mol. The lowest BCUT2D eigenvalue weighted by Gasteiger charge is -2.23. The second-order valence-corrected chi connectivity index (χ2v) is 8.61. The first kappa shape index (κ1) is 21.4. The molecule has 2 aromatic rings. The van der Waals surface area contributed by atoms with Gasteiger partial charge in [0, 0.05) is 24.6 Å². The summed E-state index contributed by atoms with van der Waals surface area (Å²) in [5, 5.41) is 0. The lowest BCUT2D eigenvalue weighted by Crippen LogP contribution is -2.31. The number of Topliss-reactive ketones (excluding diaryl/α,β-unsaturated/α-hetero) is 2. The summed E-state index contributed by atoms with van der Waals surface area (Å²) in [5.74, 6) is 0.225. The van der Waals surface area contributed by atoms with Crippen molar-refractivity contribution in [3.63, 3.8) is 0 Å². The summed E-state index contributed by atoms with van der Waals surface area (Å²) >= 11 is 0. The van der Waals surface area contributed by atoms with Crippen LogP contribution >= 0.6 is 0 Å². The number of rotatable bonds is 9. The highest BCUT2D eigenvalue weighted by Gasteiger charge is 2.31. The van der Waals surface area contributed by atoms with Gasteiger partial charge < -0.3 is 0 Å². The number of aryl methyl sites for hydroxylation is 1. The Morgan fingerprint density at radius 3 is 2.41 bits per heavy atom. The fourth-order valence-corrected chi connectivity index (χ4v) is 4.16. The van der Waals surface area contributed by atoms with Gasteiger partial charge in [0.05, 0.1) is 11.6 Å². The highest BCUT2D eigenvalue weighted by Crippen LogP contribution is 2.27. The highest BCUT2D eigenvalue weighted by atomic mass is 16.1. The summed E-state index contributed by atoms with van der Waals surface area (Å²) in [6.07, 6.45) is 10.7. The van der Waals surface area contributed by atoms with E-state index in [0.717, 1.165) is 29.7 Å². The van der Waals surface area contributed by atoms with Gasteiger partial charge in [-0.1, -0.05) is 63.4 Å². The zero-order valence-electron chi connectivity index (χ0n) is 17.8. The van der Waals surface area contributed by atoms with E-state index in [1.54, 1.807) is 0 Å². The van der Waals surface area contributed by atoms with Crippen molar-refractivity contribution < 1.29 is 9.59 Å². The molecule has 0 amide bonds. The SMILES string of the molecule is CCCCCCc1ccc(-c2ccc(CC(=O)C3CCC(C)CC3=O)cc2)nc1. The topological polar surface area (TPSA) is 47.0 Å². The predicted octanol–water partition coefficient (Wildman–Crippen LogP) is 5.99. The molecule has 1 aromatic heterocycles. The number of hydrogen-bond acceptors (Lipinski definition) is 3. The molecule has 0 radical (unpaired) electrons. The zero-order chi connectivity index (χ0) is 20.6. The van der Waals surface area contributed by atoms with Crippen LogP contribution < -0.4 is 0 Å². The van der Waals surface area contributed by atoms with Gasteiger partial charge >= 0.3 is 0 Å². The third-order valence-electron chi connectivity index (χ3n) is 6.05. The molecule has 154 valence electrons. The molecule has 0 bridgehead atoms. The summed E-state index contributed by atoms with van der Waals surface area (Å²) in [4.78, 5) is 29.4. The molecule has 1 saturated carbocycles. The van der Waals surface area contributed by atoms with E-state index in [1.165, 1.54) is 31.2 Å².